The summed E-state index contributed by atoms with van der Waals surface area (Å²) in [4.78, 5) is 0. The summed E-state index contributed by atoms with van der Waals surface area (Å²) in [6.07, 6.45) is 1.77. The van der Waals surface area contributed by atoms with Crippen molar-refractivity contribution in [3.63, 3.8) is 0 Å². The van der Waals surface area contributed by atoms with E-state index in [0.717, 1.165) is 28.2 Å². The number of nitrogens with zero attached hydrogens (tertiary/aromatic N) is 5. The van der Waals surface area contributed by atoms with Crippen LogP contribution in [0, 0.1) is 18.6 Å². The Labute approximate surface area is 172 Å². The zero-order valence-corrected chi connectivity index (χ0v) is 16.9. The van der Waals surface area contributed by atoms with Crippen LogP contribution in [-0.2, 0) is 0 Å². The molecule has 0 amide bonds. The van der Waals surface area contributed by atoms with Crippen molar-refractivity contribution in [2.75, 3.05) is 0 Å². The molecule has 0 aliphatic carbocycles. The summed E-state index contributed by atoms with van der Waals surface area (Å²) in [5.41, 5.74) is 4.68. The Hall–Kier alpha value is -3.03. The predicted octanol–water partition coefficient (Wildman–Crippen LogP) is 4.95. The average Bonchev–Trinajstić information content (AvgIpc) is 3.21. The van der Waals surface area contributed by atoms with Crippen LogP contribution in [0.15, 0.2) is 59.7 Å². The van der Waals surface area contributed by atoms with Crippen molar-refractivity contribution < 1.29 is 0 Å². The molecule has 0 saturated carbocycles. The van der Waals surface area contributed by atoms with E-state index < -0.39 is 0 Å². The van der Waals surface area contributed by atoms with Crippen LogP contribution in [0.3, 0.4) is 0 Å². The SMILES string of the molecule is Cc1nn(-c2ccccc2)c(C)c1/C=N\n1c(-c2ccc(Cl)cc2)n[nH]c1=S. The number of aryl methyl sites for hydroxylation is 1. The lowest BCUT2D eigenvalue weighted by molar-refractivity contribution is 0.833. The molecule has 4 rings (SSSR count). The van der Waals surface area contributed by atoms with Gasteiger partial charge in [-0.2, -0.15) is 20.0 Å². The van der Waals surface area contributed by atoms with Gasteiger partial charge in [0, 0.05) is 16.1 Å². The van der Waals surface area contributed by atoms with Crippen LogP contribution in [0.5, 0.6) is 0 Å². The van der Waals surface area contributed by atoms with Gasteiger partial charge in [-0.15, -0.1) is 0 Å². The Kier molecular flexibility index (Phi) is 4.93. The molecule has 0 bridgehead atoms. The number of hydrogen-bond donors (Lipinski definition) is 1. The van der Waals surface area contributed by atoms with Crippen molar-refractivity contribution in [1.82, 2.24) is 24.7 Å². The van der Waals surface area contributed by atoms with Crippen molar-refractivity contribution in [3.8, 4) is 17.1 Å². The lowest BCUT2D eigenvalue weighted by atomic mass is 10.2. The Balaban J connectivity index is 1.73. The first kappa shape index (κ1) is 18.3. The lowest BCUT2D eigenvalue weighted by Crippen LogP contribution is -1.99. The van der Waals surface area contributed by atoms with Gasteiger partial charge >= 0.3 is 0 Å². The quantitative estimate of drug-likeness (QED) is 0.384. The lowest BCUT2D eigenvalue weighted by Gasteiger charge is -2.04. The maximum atomic E-state index is 5.98. The van der Waals surface area contributed by atoms with Crippen molar-refractivity contribution in [1.29, 1.82) is 0 Å². The van der Waals surface area contributed by atoms with Crippen molar-refractivity contribution in [2.45, 2.75) is 13.8 Å². The zero-order valence-electron chi connectivity index (χ0n) is 15.3. The van der Waals surface area contributed by atoms with E-state index in [2.05, 4.69) is 20.4 Å². The van der Waals surface area contributed by atoms with E-state index >= 15 is 0 Å². The fourth-order valence-corrected chi connectivity index (χ4v) is 3.27. The molecule has 140 valence electrons. The average molecular weight is 409 g/mol. The molecule has 0 atom stereocenters. The number of rotatable bonds is 4. The topological polar surface area (TPSA) is 63.8 Å². The highest BCUT2D eigenvalue weighted by Crippen LogP contribution is 2.21. The number of aromatic amines is 1. The van der Waals surface area contributed by atoms with Gasteiger partial charge in [0.25, 0.3) is 0 Å². The number of halogens is 1. The summed E-state index contributed by atoms with van der Waals surface area (Å²) in [6, 6.07) is 17.4. The third-order valence-electron chi connectivity index (χ3n) is 4.40. The van der Waals surface area contributed by atoms with Crippen LogP contribution in [0.25, 0.3) is 17.1 Å². The number of H-pyrrole nitrogens is 1. The third-order valence-corrected chi connectivity index (χ3v) is 4.92. The minimum absolute atomic E-state index is 0.409. The van der Waals surface area contributed by atoms with Gasteiger partial charge in [0.2, 0.25) is 4.77 Å². The molecule has 0 radical (unpaired) electrons. The standard InChI is InChI=1S/C20H17ClN6S/c1-13-18(14(2)26(25-13)17-6-4-3-5-7-17)12-22-27-19(23-24-20(27)28)15-8-10-16(21)11-9-15/h3-12H,1-2H3,(H,24,28)/b22-12-. The van der Waals surface area contributed by atoms with Crippen LogP contribution in [0.1, 0.15) is 17.0 Å². The fourth-order valence-electron chi connectivity index (χ4n) is 2.96. The second-order valence-corrected chi connectivity index (χ2v) is 7.07. The van der Waals surface area contributed by atoms with E-state index in [1.54, 1.807) is 23.0 Å². The van der Waals surface area contributed by atoms with Gasteiger partial charge in [-0.1, -0.05) is 29.8 Å². The molecule has 2 aromatic heterocycles. The largest absolute Gasteiger partial charge is 0.250 e. The normalized spacial score (nSPS) is 11.4. The summed E-state index contributed by atoms with van der Waals surface area (Å²) >= 11 is 11.3. The summed E-state index contributed by atoms with van der Waals surface area (Å²) in [5.74, 6) is 0.615. The molecular weight excluding hydrogens is 392 g/mol. The predicted molar refractivity (Wildman–Crippen MR) is 114 cm³/mol. The van der Waals surface area contributed by atoms with Crippen molar-refractivity contribution in [3.05, 3.63) is 81.3 Å². The minimum Gasteiger partial charge on any atom is -0.250 e. The monoisotopic (exact) mass is 408 g/mol. The smallest absolute Gasteiger partial charge is 0.216 e. The van der Waals surface area contributed by atoms with Gasteiger partial charge in [-0.3, -0.25) is 0 Å². The summed E-state index contributed by atoms with van der Waals surface area (Å²) in [5, 5.41) is 17.0. The van der Waals surface area contributed by atoms with Gasteiger partial charge < -0.3 is 0 Å². The molecule has 0 saturated heterocycles. The zero-order chi connectivity index (χ0) is 19.7. The van der Waals surface area contributed by atoms with E-state index in [1.165, 1.54) is 0 Å². The molecule has 2 heterocycles. The van der Waals surface area contributed by atoms with E-state index in [0.29, 0.717) is 15.6 Å². The summed E-state index contributed by atoms with van der Waals surface area (Å²) in [7, 11) is 0. The highest BCUT2D eigenvalue weighted by Gasteiger charge is 2.12. The highest BCUT2D eigenvalue weighted by molar-refractivity contribution is 7.71. The molecule has 0 fully saturated rings. The van der Waals surface area contributed by atoms with Crippen molar-refractivity contribution >= 4 is 30.0 Å². The van der Waals surface area contributed by atoms with Crippen LogP contribution in [-0.4, -0.2) is 30.9 Å². The van der Waals surface area contributed by atoms with Crippen molar-refractivity contribution in [2.24, 2.45) is 5.10 Å². The molecular formula is C20H17ClN6S. The van der Waals surface area contributed by atoms with Crippen LogP contribution in [0.4, 0.5) is 0 Å². The van der Waals surface area contributed by atoms with Crippen LogP contribution in [0.2, 0.25) is 5.02 Å². The maximum Gasteiger partial charge on any atom is 0.216 e. The number of aromatic nitrogens is 5. The highest BCUT2D eigenvalue weighted by atomic mass is 35.5. The number of hydrogen-bond acceptors (Lipinski definition) is 4. The Morgan fingerprint density at radius 1 is 1.07 bits per heavy atom. The maximum absolute atomic E-state index is 5.98. The number of benzene rings is 2. The second kappa shape index (κ2) is 7.53. The molecule has 28 heavy (non-hydrogen) atoms. The van der Waals surface area contributed by atoms with Crippen LogP contribution < -0.4 is 0 Å². The minimum atomic E-state index is 0.409. The first-order chi connectivity index (χ1) is 13.5. The molecule has 6 nitrogen and oxygen atoms in total. The molecule has 8 heteroatoms. The Bertz CT molecular complexity index is 1200. The second-order valence-electron chi connectivity index (χ2n) is 6.25. The van der Waals surface area contributed by atoms with Gasteiger partial charge in [0.05, 0.1) is 23.3 Å². The van der Waals surface area contributed by atoms with Gasteiger partial charge in [0.1, 0.15) is 0 Å². The molecule has 0 unspecified atom stereocenters. The molecule has 4 aromatic rings. The molecule has 1 N–H and O–H groups in total. The molecule has 0 spiro atoms. The Morgan fingerprint density at radius 2 is 1.79 bits per heavy atom. The summed E-state index contributed by atoms with van der Waals surface area (Å²) in [6.45, 7) is 3.98. The van der Waals surface area contributed by atoms with E-state index in [1.807, 2.05) is 61.0 Å². The molecule has 2 aromatic carbocycles. The third kappa shape index (κ3) is 3.42. The van der Waals surface area contributed by atoms with Gasteiger partial charge in [-0.05, 0) is 62.5 Å². The fraction of sp³-hybridized carbons (Fsp3) is 0.100. The van der Waals surface area contributed by atoms with Crippen LogP contribution >= 0.6 is 23.8 Å². The first-order valence-electron chi connectivity index (χ1n) is 8.64. The number of nitrogens with one attached hydrogen (secondary N) is 1. The van der Waals surface area contributed by atoms with Gasteiger partial charge in [-0.25, -0.2) is 9.78 Å². The van der Waals surface area contributed by atoms with E-state index in [9.17, 15) is 0 Å². The number of para-hydroxylation sites is 1. The van der Waals surface area contributed by atoms with E-state index in [4.69, 9.17) is 23.8 Å². The molecule has 0 aliphatic heterocycles. The summed E-state index contributed by atoms with van der Waals surface area (Å²) < 4.78 is 3.91. The van der Waals surface area contributed by atoms with E-state index in [-0.39, 0.29) is 0 Å². The first-order valence-corrected chi connectivity index (χ1v) is 9.42. The Morgan fingerprint density at radius 3 is 2.50 bits per heavy atom. The molecule has 0 aliphatic rings. The van der Waals surface area contributed by atoms with Gasteiger partial charge in [0.15, 0.2) is 5.82 Å².